The van der Waals surface area contributed by atoms with Crippen LogP contribution in [0, 0.1) is 5.92 Å². The number of hydrazine groups is 1. The number of sulfonamides is 1. The zero-order chi connectivity index (χ0) is 20.2. The third kappa shape index (κ3) is 3.05. The summed E-state index contributed by atoms with van der Waals surface area (Å²) in [5, 5.41) is 4.47. The Balaban J connectivity index is 1.58. The normalized spacial score (nSPS) is 19.3. The van der Waals surface area contributed by atoms with Gasteiger partial charge in [0.15, 0.2) is 11.5 Å². The largest absolute Gasteiger partial charge is 0.307 e. The van der Waals surface area contributed by atoms with Gasteiger partial charge in [0.25, 0.3) is 10.0 Å². The van der Waals surface area contributed by atoms with E-state index in [9.17, 15) is 13.2 Å². The average molecular weight is 410 g/mol. The Bertz CT molecular complexity index is 1190. The van der Waals surface area contributed by atoms with Gasteiger partial charge in [-0.1, -0.05) is 18.2 Å². The van der Waals surface area contributed by atoms with Gasteiger partial charge in [-0.2, -0.15) is 5.10 Å². The zero-order valence-corrected chi connectivity index (χ0v) is 16.4. The van der Waals surface area contributed by atoms with E-state index < -0.39 is 15.9 Å². The molecule has 29 heavy (non-hydrogen) atoms. The van der Waals surface area contributed by atoms with E-state index in [1.165, 1.54) is 0 Å². The molecular formula is C19H18N6O3S. The van der Waals surface area contributed by atoms with E-state index in [0.29, 0.717) is 34.2 Å². The Hall–Kier alpha value is -3.27. The van der Waals surface area contributed by atoms with Gasteiger partial charge in [0.2, 0.25) is 0 Å². The molecule has 2 heterocycles. The molecule has 1 aromatic carbocycles. The van der Waals surface area contributed by atoms with Crippen LogP contribution in [0.15, 0.2) is 48.9 Å². The first-order valence-electron chi connectivity index (χ1n) is 9.18. The van der Waals surface area contributed by atoms with Crippen molar-refractivity contribution in [3.8, 4) is 5.82 Å². The summed E-state index contributed by atoms with van der Waals surface area (Å²) in [5.41, 5.74) is 5.05. The van der Waals surface area contributed by atoms with Crippen molar-refractivity contribution in [1.82, 2.24) is 24.2 Å². The summed E-state index contributed by atoms with van der Waals surface area (Å²) in [5.74, 6) is 0.606. The molecule has 0 unspecified atom stereocenters. The third-order valence-corrected chi connectivity index (χ3v) is 6.17. The lowest BCUT2D eigenvalue weighted by molar-refractivity contribution is 0.0876. The number of aromatic nitrogens is 4. The standard InChI is InChI=1S/C19H18N6O3S/c1-29(27,28)25(22-13-5-3-2-4-6-13)19(26)17-15-10-12-9-14(12)18(15)24(23-17)16-11-20-7-8-21-16/h2-8,11-12,14,22H,9-10H2,1H3/t12-,14-/m1/s1. The van der Waals surface area contributed by atoms with E-state index in [0.717, 1.165) is 23.9 Å². The lowest BCUT2D eigenvalue weighted by Crippen LogP contribution is -2.41. The van der Waals surface area contributed by atoms with Crippen LogP contribution in [0.1, 0.15) is 34.1 Å². The second kappa shape index (κ2) is 6.38. The number of fused-ring (bicyclic) bond motifs is 3. The SMILES string of the molecule is CS(=O)(=O)N(Nc1ccccc1)C(=O)c1nn(-c2cnccn2)c2c1C[C@H]1C[C@@H]21. The maximum atomic E-state index is 13.3. The van der Waals surface area contributed by atoms with Crippen molar-refractivity contribution in [2.45, 2.75) is 18.8 Å². The minimum Gasteiger partial charge on any atom is -0.282 e. The van der Waals surface area contributed by atoms with Crippen LogP contribution in [-0.4, -0.2) is 44.7 Å². The summed E-state index contributed by atoms with van der Waals surface area (Å²) in [6, 6.07) is 8.68. The molecule has 2 atom stereocenters. The van der Waals surface area contributed by atoms with E-state index in [1.807, 2.05) is 0 Å². The van der Waals surface area contributed by atoms with Crippen molar-refractivity contribution in [1.29, 1.82) is 0 Å². The van der Waals surface area contributed by atoms with Crippen molar-refractivity contribution >= 4 is 21.6 Å². The fourth-order valence-corrected chi connectivity index (χ4v) is 4.53. The molecule has 1 amide bonds. The van der Waals surface area contributed by atoms with E-state index in [4.69, 9.17) is 0 Å². The quantitative estimate of drug-likeness (QED) is 0.638. The number of nitrogens with one attached hydrogen (secondary N) is 1. The molecular weight excluding hydrogens is 392 g/mol. The Kier molecular flexibility index (Phi) is 3.91. The number of rotatable bonds is 5. The predicted molar refractivity (Wildman–Crippen MR) is 105 cm³/mol. The number of anilines is 1. The molecule has 148 valence electrons. The lowest BCUT2D eigenvalue weighted by atomic mass is 10.1. The number of nitrogens with zero attached hydrogens (tertiary/aromatic N) is 5. The molecule has 0 bridgehead atoms. The minimum atomic E-state index is -3.89. The number of hydrogen-bond donors (Lipinski definition) is 1. The number of para-hydroxylation sites is 1. The van der Waals surface area contributed by atoms with Crippen molar-refractivity contribution in [3.63, 3.8) is 0 Å². The molecule has 5 rings (SSSR count). The number of carbonyl (C=O) groups excluding carboxylic acids is 1. The molecule has 0 aliphatic heterocycles. The molecule has 2 aromatic heterocycles. The molecule has 0 spiro atoms. The molecule has 1 N–H and O–H groups in total. The highest BCUT2D eigenvalue weighted by Crippen LogP contribution is 2.57. The Labute approximate surface area is 167 Å². The summed E-state index contributed by atoms with van der Waals surface area (Å²) in [7, 11) is -3.89. The zero-order valence-electron chi connectivity index (χ0n) is 15.6. The number of amides is 1. The third-order valence-electron chi connectivity index (χ3n) is 5.25. The van der Waals surface area contributed by atoms with Gasteiger partial charge in [0.05, 0.1) is 23.8 Å². The highest BCUT2D eigenvalue weighted by Gasteiger charge is 2.51. The number of benzene rings is 1. The minimum absolute atomic E-state index is 0.131. The molecule has 0 radical (unpaired) electrons. The first-order valence-corrected chi connectivity index (χ1v) is 11.0. The first kappa shape index (κ1) is 17.8. The molecule has 2 aliphatic carbocycles. The lowest BCUT2D eigenvalue weighted by Gasteiger charge is -2.21. The molecule has 10 heteroatoms. The maximum absolute atomic E-state index is 13.3. The van der Waals surface area contributed by atoms with Crippen LogP contribution in [0.2, 0.25) is 0 Å². The van der Waals surface area contributed by atoms with Crippen LogP contribution < -0.4 is 5.43 Å². The predicted octanol–water partition coefficient (Wildman–Crippen LogP) is 1.75. The van der Waals surface area contributed by atoms with Gasteiger partial charge in [-0.05, 0) is 30.9 Å². The molecule has 0 saturated heterocycles. The molecule has 3 aromatic rings. The summed E-state index contributed by atoms with van der Waals surface area (Å²) in [6.07, 6.45) is 7.44. The van der Waals surface area contributed by atoms with E-state index in [-0.39, 0.29) is 5.69 Å². The topological polar surface area (TPSA) is 110 Å². The summed E-state index contributed by atoms with van der Waals surface area (Å²) in [4.78, 5) is 21.7. The summed E-state index contributed by atoms with van der Waals surface area (Å²) < 4.78 is 27.1. The van der Waals surface area contributed by atoms with Crippen molar-refractivity contribution in [3.05, 3.63) is 65.9 Å². The van der Waals surface area contributed by atoms with Gasteiger partial charge in [0.1, 0.15) is 0 Å². The second-order valence-electron chi connectivity index (χ2n) is 7.30. The number of hydrogen-bond acceptors (Lipinski definition) is 7. The fraction of sp³-hybridized carbons (Fsp3) is 0.263. The van der Waals surface area contributed by atoms with E-state index in [2.05, 4.69) is 20.5 Å². The summed E-state index contributed by atoms with van der Waals surface area (Å²) in [6.45, 7) is 0. The van der Waals surface area contributed by atoms with Gasteiger partial charge in [-0.15, -0.1) is 4.41 Å². The van der Waals surface area contributed by atoms with Gasteiger partial charge in [0, 0.05) is 23.9 Å². The fourth-order valence-electron chi connectivity index (χ4n) is 3.87. The maximum Gasteiger partial charge on any atom is 0.307 e. The number of carbonyl (C=O) groups is 1. The Morgan fingerprint density at radius 2 is 2.03 bits per heavy atom. The summed E-state index contributed by atoms with van der Waals surface area (Å²) >= 11 is 0. The van der Waals surface area contributed by atoms with Crippen LogP contribution in [0.25, 0.3) is 5.82 Å². The van der Waals surface area contributed by atoms with Gasteiger partial charge in [-0.25, -0.2) is 18.1 Å². The van der Waals surface area contributed by atoms with Crippen molar-refractivity contribution in [2.75, 3.05) is 11.7 Å². The van der Waals surface area contributed by atoms with Crippen LogP contribution >= 0.6 is 0 Å². The van der Waals surface area contributed by atoms with Crippen molar-refractivity contribution < 1.29 is 13.2 Å². The molecule has 2 aliphatic rings. The average Bonchev–Trinajstić information content (AvgIpc) is 3.22. The Morgan fingerprint density at radius 3 is 2.72 bits per heavy atom. The van der Waals surface area contributed by atoms with Crippen molar-refractivity contribution in [2.24, 2.45) is 5.92 Å². The second-order valence-corrected chi connectivity index (χ2v) is 9.14. The van der Waals surface area contributed by atoms with Crippen LogP contribution in [0.3, 0.4) is 0 Å². The van der Waals surface area contributed by atoms with E-state index >= 15 is 0 Å². The highest BCUT2D eigenvalue weighted by atomic mass is 32.2. The molecule has 9 nitrogen and oxygen atoms in total. The highest BCUT2D eigenvalue weighted by molar-refractivity contribution is 7.89. The first-order chi connectivity index (χ1) is 13.9. The molecule has 1 saturated carbocycles. The monoisotopic (exact) mass is 410 g/mol. The smallest absolute Gasteiger partial charge is 0.282 e. The van der Waals surface area contributed by atoms with Crippen LogP contribution in [0.4, 0.5) is 5.69 Å². The van der Waals surface area contributed by atoms with E-state index in [1.54, 1.807) is 53.6 Å². The van der Waals surface area contributed by atoms with Crippen LogP contribution in [-0.2, 0) is 16.4 Å². The van der Waals surface area contributed by atoms with Gasteiger partial charge >= 0.3 is 5.91 Å². The van der Waals surface area contributed by atoms with Crippen LogP contribution in [0.5, 0.6) is 0 Å². The van der Waals surface area contributed by atoms with Gasteiger partial charge in [-0.3, -0.25) is 15.2 Å². The Morgan fingerprint density at radius 1 is 1.24 bits per heavy atom. The van der Waals surface area contributed by atoms with Gasteiger partial charge < -0.3 is 0 Å². The molecule has 1 fully saturated rings.